The van der Waals surface area contributed by atoms with Crippen LogP contribution in [-0.2, 0) is 16.0 Å². The summed E-state index contributed by atoms with van der Waals surface area (Å²) in [7, 11) is 4.17. The highest BCUT2D eigenvalue weighted by atomic mass is 16.7. The molecule has 1 aromatic rings. The Bertz CT molecular complexity index is 648. The Kier molecular flexibility index (Phi) is 3.89. The van der Waals surface area contributed by atoms with Crippen LogP contribution in [0.15, 0.2) is 18.2 Å². The van der Waals surface area contributed by atoms with Crippen molar-refractivity contribution < 1.29 is 19.0 Å². The molecule has 6 nitrogen and oxygen atoms in total. The molecule has 0 bridgehead atoms. The molecule has 2 saturated heterocycles. The smallest absolute Gasteiger partial charge is 0.231 e. The maximum Gasteiger partial charge on any atom is 0.231 e. The van der Waals surface area contributed by atoms with Crippen LogP contribution in [0.25, 0.3) is 0 Å². The lowest BCUT2D eigenvalue weighted by Crippen LogP contribution is -2.41. The van der Waals surface area contributed by atoms with Gasteiger partial charge in [-0.2, -0.15) is 0 Å². The molecule has 0 radical (unpaired) electrons. The molecule has 24 heavy (non-hydrogen) atoms. The molecule has 0 N–H and O–H groups in total. The van der Waals surface area contributed by atoms with Crippen LogP contribution in [0.3, 0.4) is 0 Å². The first-order chi connectivity index (χ1) is 11.6. The van der Waals surface area contributed by atoms with E-state index in [0.29, 0.717) is 12.3 Å². The first-order valence-corrected chi connectivity index (χ1v) is 8.44. The average molecular weight is 332 g/mol. The van der Waals surface area contributed by atoms with Crippen molar-refractivity contribution in [3.63, 3.8) is 0 Å². The van der Waals surface area contributed by atoms with Gasteiger partial charge in [0.05, 0.1) is 19.6 Å². The lowest BCUT2D eigenvalue weighted by atomic mass is 9.81. The topological polar surface area (TPSA) is 51.2 Å². The van der Waals surface area contributed by atoms with Crippen LogP contribution in [0.1, 0.15) is 5.56 Å². The highest BCUT2D eigenvalue weighted by Crippen LogP contribution is 2.42. The van der Waals surface area contributed by atoms with Crippen molar-refractivity contribution in [2.75, 3.05) is 53.7 Å². The molecule has 0 aliphatic carbocycles. The summed E-state index contributed by atoms with van der Waals surface area (Å²) in [6, 6.07) is 5.74. The van der Waals surface area contributed by atoms with E-state index in [1.807, 2.05) is 23.1 Å². The van der Waals surface area contributed by atoms with E-state index in [1.165, 1.54) is 0 Å². The minimum atomic E-state index is 0.0913. The molecule has 3 aliphatic heterocycles. The molecule has 1 amide bonds. The van der Waals surface area contributed by atoms with E-state index in [2.05, 4.69) is 19.0 Å². The molecule has 1 aromatic carbocycles. The fourth-order valence-corrected chi connectivity index (χ4v) is 4.21. The number of carbonyl (C=O) groups is 1. The van der Waals surface area contributed by atoms with Gasteiger partial charge in [0.2, 0.25) is 12.7 Å². The SMILES string of the molecule is CN(C)C[C@]12COC[C@H]1CN(C(=O)Cc1ccc3c(c1)OCO3)C2. The molecule has 6 heteroatoms. The Labute approximate surface area is 142 Å². The summed E-state index contributed by atoms with van der Waals surface area (Å²) in [6.07, 6.45) is 0.405. The van der Waals surface area contributed by atoms with Crippen molar-refractivity contribution in [2.24, 2.45) is 11.3 Å². The fourth-order valence-electron chi connectivity index (χ4n) is 4.21. The highest BCUT2D eigenvalue weighted by molar-refractivity contribution is 5.79. The molecule has 2 atom stereocenters. The second kappa shape index (κ2) is 5.93. The highest BCUT2D eigenvalue weighted by Gasteiger charge is 2.51. The van der Waals surface area contributed by atoms with Crippen molar-refractivity contribution in [1.82, 2.24) is 9.80 Å². The molecule has 130 valence electrons. The number of rotatable bonds is 4. The van der Waals surface area contributed by atoms with Gasteiger partial charge in [0.1, 0.15) is 0 Å². The number of benzene rings is 1. The predicted octanol–water partition coefficient (Wildman–Crippen LogP) is 0.994. The van der Waals surface area contributed by atoms with Crippen LogP contribution >= 0.6 is 0 Å². The minimum absolute atomic E-state index is 0.0913. The maximum absolute atomic E-state index is 12.8. The number of amides is 1. The molecule has 0 unspecified atom stereocenters. The normalized spacial score (nSPS) is 27.8. The summed E-state index contributed by atoms with van der Waals surface area (Å²) in [6.45, 7) is 4.33. The Morgan fingerprint density at radius 1 is 1.33 bits per heavy atom. The van der Waals surface area contributed by atoms with E-state index >= 15 is 0 Å². The van der Waals surface area contributed by atoms with Crippen molar-refractivity contribution in [3.05, 3.63) is 23.8 Å². The van der Waals surface area contributed by atoms with E-state index in [-0.39, 0.29) is 18.1 Å². The third-order valence-electron chi connectivity index (χ3n) is 5.30. The summed E-state index contributed by atoms with van der Waals surface area (Å²) in [5, 5.41) is 0. The Balaban J connectivity index is 1.44. The van der Waals surface area contributed by atoms with Gasteiger partial charge in [0, 0.05) is 31.0 Å². The Hall–Kier alpha value is -1.79. The number of hydrogen-bond donors (Lipinski definition) is 0. The Morgan fingerprint density at radius 3 is 3.00 bits per heavy atom. The van der Waals surface area contributed by atoms with E-state index in [9.17, 15) is 4.79 Å². The maximum atomic E-state index is 12.8. The lowest BCUT2D eigenvalue weighted by molar-refractivity contribution is -0.130. The third-order valence-corrected chi connectivity index (χ3v) is 5.30. The van der Waals surface area contributed by atoms with Crippen molar-refractivity contribution in [1.29, 1.82) is 0 Å². The van der Waals surface area contributed by atoms with Gasteiger partial charge in [-0.15, -0.1) is 0 Å². The number of likely N-dealkylation sites (tertiary alicyclic amines) is 1. The van der Waals surface area contributed by atoms with Gasteiger partial charge < -0.3 is 24.0 Å². The van der Waals surface area contributed by atoms with E-state index in [0.717, 1.165) is 49.9 Å². The number of fused-ring (bicyclic) bond motifs is 2. The van der Waals surface area contributed by atoms with Crippen LogP contribution in [-0.4, -0.2) is 69.4 Å². The largest absolute Gasteiger partial charge is 0.454 e. The second-order valence-electron chi connectivity index (χ2n) is 7.45. The van der Waals surface area contributed by atoms with Crippen LogP contribution in [0.4, 0.5) is 0 Å². The first-order valence-electron chi connectivity index (χ1n) is 8.44. The van der Waals surface area contributed by atoms with E-state index in [1.54, 1.807) is 0 Å². The average Bonchev–Trinajstić information content (AvgIpc) is 3.19. The number of nitrogens with zero attached hydrogens (tertiary/aromatic N) is 2. The zero-order valence-electron chi connectivity index (χ0n) is 14.3. The van der Waals surface area contributed by atoms with Crippen LogP contribution < -0.4 is 9.47 Å². The second-order valence-corrected chi connectivity index (χ2v) is 7.45. The minimum Gasteiger partial charge on any atom is -0.454 e. The molecule has 0 aromatic heterocycles. The molecule has 4 rings (SSSR count). The van der Waals surface area contributed by atoms with Crippen molar-refractivity contribution >= 4 is 5.91 Å². The molecule has 0 spiro atoms. The van der Waals surface area contributed by atoms with E-state index < -0.39 is 0 Å². The quantitative estimate of drug-likeness (QED) is 0.823. The standard InChI is InChI=1S/C18H24N2O4/c1-19(2)9-18-10-20(7-14(18)8-22-11-18)17(21)6-13-3-4-15-16(5-13)24-12-23-15/h3-5,14H,6-12H2,1-2H3/t14-,18+/m1/s1. The third kappa shape index (κ3) is 2.74. The first kappa shape index (κ1) is 15.7. The summed E-state index contributed by atoms with van der Waals surface area (Å²) in [5.41, 5.74) is 1.06. The van der Waals surface area contributed by atoms with Crippen LogP contribution in [0.5, 0.6) is 11.5 Å². The van der Waals surface area contributed by atoms with Crippen molar-refractivity contribution in [3.8, 4) is 11.5 Å². The van der Waals surface area contributed by atoms with Gasteiger partial charge in [0.25, 0.3) is 0 Å². The lowest BCUT2D eigenvalue weighted by Gasteiger charge is -2.30. The fraction of sp³-hybridized carbons (Fsp3) is 0.611. The molecule has 3 aliphatic rings. The van der Waals surface area contributed by atoms with E-state index in [4.69, 9.17) is 14.2 Å². The Morgan fingerprint density at radius 2 is 2.17 bits per heavy atom. The summed E-state index contributed by atoms with van der Waals surface area (Å²) in [5.74, 6) is 2.11. The van der Waals surface area contributed by atoms with Gasteiger partial charge in [0.15, 0.2) is 11.5 Å². The van der Waals surface area contributed by atoms with Gasteiger partial charge in [-0.25, -0.2) is 0 Å². The monoisotopic (exact) mass is 332 g/mol. The molecule has 2 fully saturated rings. The van der Waals surface area contributed by atoms with Crippen molar-refractivity contribution in [2.45, 2.75) is 6.42 Å². The molecule has 0 saturated carbocycles. The molecule has 3 heterocycles. The number of hydrogen-bond acceptors (Lipinski definition) is 5. The summed E-state index contributed by atoms with van der Waals surface area (Å²) in [4.78, 5) is 17.0. The van der Waals surface area contributed by atoms with Gasteiger partial charge in [-0.05, 0) is 31.8 Å². The zero-order valence-corrected chi connectivity index (χ0v) is 14.3. The van der Waals surface area contributed by atoms with Crippen LogP contribution in [0, 0.1) is 11.3 Å². The van der Waals surface area contributed by atoms with Gasteiger partial charge in [-0.1, -0.05) is 6.07 Å². The van der Waals surface area contributed by atoms with Crippen LogP contribution in [0.2, 0.25) is 0 Å². The number of carbonyl (C=O) groups excluding carboxylic acids is 1. The van der Waals surface area contributed by atoms with Gasteiger partial charge >= 0.3 is 0 Å². The van der Waals surface area contributed by atoms with Gasteiger partial charge in [-0.3, -0.25) is 4.79 Å². The predicted molar refractivity (Wildman–Crippen MR) is 88.1 cm³/mol. The number of ether oxygens (including phenoxy) is 3. The molecular weight excluding hydrogens is 308 g/mol. The summed E-state index contributed by atoms with van der Waals surface area (Å²) >= 11 is 0. The summed E-state index contributed by atoms with van der Waals surface area (Å²) < 4.78 is 16.4. The molecular formula is C18H24N2O4. The zero-order chi connectivity index (χ0) is 16.7.